The quantitative estimate of drug-likeness (QED) is 0.491. The molecule has 1 rings (SSSR count). The topological polar surface area (TPSA) is 47.3 Å². The number of nitrogens with two attached hydrogens (primary N) is 1. The van der Waals surface area contributed by atoms with Gasteiger partial charge in [0.2, 0.25) is 0 Å². The van der Waals surface area contributed by atoms with E-state index in [9.17, 15) is 8.78 Å². The average molecular weight is 180 g/mol. The van der Waals surface area contributed by atoms with Gasteiger partial charge in [-0.1, -0.05) is 0 Å². The molecule has 0 aromatic rings. The van der Waals surface area contributed by atoms with E-state index >= 15 is 0 Å². The van der Waals surface area contributed by atoms with E-state index in [0.29, 0.717) is 26.1 Å². The van der Waals surface area contributed by atoms with Gasteiger partial charge in [0, 0.05) is 13.2 Å². The fraction of sp³-hybridized carbons (Fsp3) is 1.00. The van der Waals surface area contributed by atoms with Crippen LogP contribution in [0.4, 0.5) is 8.78 Å². The van der Waals surface area contributed by atoms with Crippen molar-refractivity contribution in [2.75, 3.05) is 13.2 Å². The summed E-state index contributed by atoms with van der Waals surface area (Å²) in [6.07, 6.45) is -1.06. The summed E-state index contributed by atoms with van der Waals surface area (Å²) in [4.78, 5) is 0. The third-order valence-corrected chi connectivity index (χ3v) is 2.24. The van der Waals surface area contributed by atoms with Crippen LogP contribution in [0.3, 0.4) is 0 Å². The van der Waals surface area contributed by atoms with Crippen LogP contribution in [-0.2, 0) is 4.74 Å². The maximum atomic E-state index is 12.3. The number of hydrogen-bond acceptors (Lipinski definition) is 3. The van der Waals surface area contributed by atoms with Crippen LogP contribution in [0.2, 0.25) is 0 Å². The lowest BCUT2D eigenvalue weighted by Gasteiger charge is -2.28. The van der Waals surface area contributed by atoms with E-state index < -0.39 is 12.5 Å². The first-order chi connectivity index (χ1) is 5.75. The molecular weight excluding hydrogens is 166 g/mol. The highest BCUT2D eigenvalue weighted by atomic mass is 19.3. The lowest BCUT2D eigenvalue weighted by Crippen LogP contribution is -2.47. The number of hydrazine groups is 1. The van der Waals surface area contributed by atoms with Crippen LogP contribution in [0.5, 0.6) is 0 Å². The highest BCUT2D eigenvalue weighted by molar-refractivity contribution is 4.78. The Balaban J connectivity index is 2.40. The molecule has 3 N–H and O–H groups in total. The molecule has 1 atom stereocenters. The van der Waals surface area contributed by atoms with E-state index in [4.69, 9.17) is 10.6 Å². The van der Waals surface area contributed by atoms with Crippen molar-refractivity contribution in [1.29, 1.82) is 0 Å². The molecule has 0 amide bonds. The second-order valence-corrected chi connectivity index (χ2v) is 2.98. The maximum Gasteiger partial charge on any atom is 0.255 e. The van der Waals surface area contributed by atoms with E-state index in [-0.39, 0.29) is 5.92 Å². The summed E-state index contributed by atoms with van der Waals surface area (Å²) in [6, 6.07) is -0.881. The van der Waals surface area contributed by atoms with Crippen molar-refractivity contribution in [1.82, 2.24) is 5.43 Å². The standard InChI is InChI=1S/C7H14F2N2O/c8-7(9)6(11-10)5-1-3-12-4-2-5/h5-7,11H,1-4,10H2. The average Bonchev–Trinajstić information content (AvgIpc) is 2.07. The van der Waals surface area contributed by atoms with Crippen LogP contribution in [-0.4, -0.2) is 25.7 Å². The minimum Gasteiger partial charge on any atom is -0.381 e. The van der Waals surface area contributed by atoms with Gasteiger partial charge >= 0.3 is 0 Å². The van der Waals surface area contributed by atoms with Gasteiger partial charge in [0.05, 0.1) is 6.04 Å². The molecule has 0 aliphatic carbocycles. The first-order valence-electron chi connectivity index (χ1n) is 4.07. The smallest absolute Gasteiger partial charge is 0.255 e. The van der Waals surface area contributed by atoms with E-state index in [2.05, 4.69) is 5.43 Å². The van der Waals surface area contributed by atoms with Gasteiger partial charge in [-0.3, -0.25) is 11.3 Å². The summed E-state index contributed by atoms with van der Waals surface area (Å²) in [6.45, 7) is 1.13. The second kappa shape index (κ2) is 4.69. The third-order valence-electron chi connectivity index (χ3n) is 2.24. The Kier molecular flexibility index (Phi) is 3.84. The molecule has 5 heteroatoms. The number of ether oxygens (including phenoxy) is 1. The molecule has 0 saturated carbocycles. The summed E-state index contributed by atoms with van der Waals surface area (Å²) in [5, 5.41) is 0. The van der Waals surface area contributed by atoms with Crippen LogP contribution in [0.1, 0.15) is 12.8 Å². The molecule has 0 radical (unpaired) electrons. The number of halogens is 2. The van der Waals surface area contributed by atoms with Gasteiger partial charge in [-0.05, 0) is 18.8 Å². The summed E-state index contributed by atoms with van der Waals surface area (Å²) in [5.41, 5.74) is 2.17. The van der Waals surface area contributed by atoms with Crippen LogP contribution in [0.25, 0.3) is 0 Å². The predicted octanol–water partition coefficient (Wildman–Crippen LogP) is 0.510. The lowest BCUT2D eigenvalue weighted by atomic mass is 9.92. The molecule has 0 aromatic heterocycles. The Bertz CT molecular complexity index is 129. The van der Waals surface area contributed by atoms with Gasteiger partial charge in [0.15, 0.2) is 0 Å². The van der Waals surface area contributed by atoms with Crippen LogP contribution in [0.15, 0.2) is 0 Å². The monoisotopic (exact) mass is 180 g/mol. The summed E-state index contributed by atoms with van der Waals surface area (Å²) in [7, 11) is 0. The van der Waals surface area contributed by atoms with Gasteiger partial charge in [0.25, 0.3) is 6.43 Å². The van der Waals surface area contributed by atoms with Crippen molar-refractivity contribution in [3.05, 3.63) is 0 Å². The molecular formula is C7H14F2N2O. The molecule has 1 aliphatic rings. The zero-order valence-electron chi connectivity index (χ0n) is 6.80. The largest absolute Gasteiger partial charge is 0.381 e. The van der Waals surface area contributed by atoms with E-state index in [0.717, 1.165) is 0 Å². The maximum absolute atomic E-state index is 12.3. The minimum absolute atomic E-state index is 0.0521. The Morgan fingerprint density at radius 1 is 1.33 bits per heavy atom. The molecule has 1 aliphatic heterocycles. The SMILES string of the molecule is NNC(C(F)F)C1CCOCC1. The Labute approximate surface area is 70.2 Å². The van der Waals surface area contributed by atoms with Gasteiger partial charge < -0.3 is 4.74 Å². The molecule has 0 bridgehead atoms. The fourth-order valence-corrected chi connectivity index (χ4v) is 1.49. The van der Waals surface area contributed by atoms with Gasteiger partial charge in [0.1, 0.15) is 0 Å². The van der Waals surface area contributed by atoms with Crippen LogP contribution >= 0.6 is 0 Å². The molecule has 12 heavy (non-hydrogen) atoms. The number of rotatable bonds is 3. The third kappa shape index (κ3) is 2.36. The molecule has 72 valence electrons. The first-order valence-corrected chi connectivity index (χ1v) is 4.07. The lowest BCUT2D eigenvalue weighted by molar-refractivity contribution is 0.00926. The predicted molar refractivity (Wildman–Crippen MR) is 40.7 cm³/mol. The van der Waals surface area contributed by atoms with Crippen LogP contribution in [0, 0.1) is 5.92 Å². The van der Waals surface area contributed by atoms with Crippen molar-refractivity contribution < 1.29 is 13.5 Å². The van der Waals surface area contributed by atoms with Crippen molar-refractivity contribution in [3.8, 4) is 0 Å². The van der Waals surface area contributed by atoms with Crippen molar-refractivity contribution in [2.45, 2.75) is 25.3 Å². The van der Waals surface area contributed by atoms with Crippen molar-refractivity contribution in [3.63, 3.8) is 0 Å². The number of alkyl halides is 2. The Morgan fingerprint density at radius 3 is 2.33 bits per heavy atom. The number of hydrogen-bond donors (Lipinski definition) is 2. The van der Waals surface area contributed by atoms with E-state index in [1.807, 2.05) is 0 Å². The second-order valence-electron chi connectivity index (χ2n) is 2.98. The molecule has 1 heterocycles. The Hall–Kier alpha value is -0.260. The summed E-state index contributed by atoms with van der Waals surface area (Å²) >= 11 is 0. The molecule has 1 saturated heterocycles. The highest BCUT2D eigenvalue weighted by Gasteiger charge is 2.29. The van der Waals surface area contributed by atoms with Gasteiger partial charge in [-0.25, -0.2) is 8.78 Å². The van der Waals surface area contributed by atoms with Gasteiger partial charge in [-0.2, -0.15) is 0 Å². The van der Waals surface area contributed by atoms with E-state index in [1.54, 1.807) is 0 Å². The minimum atomic E-state index is -2.39. The van der Waals surface area contributed by atoms with Gasteiger partial charge in [-0.15, -0.1) is 0 Å². The van der Waals surface area contributed by atoms with E-state index in [1.165, 1.54) is 0 Å². The first kappa shape index (κ1) is 9.83. The Morgan fingerprint density at radius 2 is 1.92 bits per heavy atom. The molecule has 1 fully saturated rings. The zero-order valence-corrected chi connectivity index (χ0v) is 6.80. The van der Waals surface area contributed by atoms with Crippen molar-refractivity contribution in [2.24, 2.45) is 11.8 Å². The molecule has 1 unspecified atom stereocenters. The fourth-order valence-electron chi connectivity index (χ4n) is 1.49. The van der Waals surface area contributed by atoms with Crippen LogP contribution < -0.4 is 11.3 Å². The summed E-state index contributed by atoms with van der Waals surface area (Å²) < 4.78 is 29.7. The number of nitrogens with one attached hydrogen (secondary N) is 1. The molecule has 0 spiro atoms. The zero-order chi connectivity index (χ0) is 8.97. The summed E-state index contributed by atoms with van der Waals surface area (Å²) in [5.74, 6) is 4.98. The molecule has 3 nitrogen and oxygen atoms in total. The van der Waals surface area contributed by atoms with Crippen molar-refractivity contribution >= 4 is 0 Å². The normalized spacial score (nSPS) is 23.0. The molecule has 0 aromatic carbocycles. The highest BCUT2D eigenvalue weighted by Crippen LogP contribution is 2.22.